The van der Waals surface area contributed by atoms with Gasteiger partial charge in [0, 0.05) is 12.5 Å². The van der Waals surface area contributed by atoms with Crippen molar-refractivity contribution in [3.05, 3.63) is 0 Å². The van der Waals surface area contributed by atoms with E-state index < -0.39 is 0 Å². The van der Waals surface area contributed by atoms with E-state index in [1.165, 1.54) is 44.9 Å². The van der Waals surface area contributed by atoms with Crippen molar-refractivity contribution in [1.29, 1.82) is 0 Å². The summed E-state index contributed by atoms with van der Waals surface area (Å²) in [6.45, 7) is 4.34. The van der Waals surface area contributed by atoms with Crippen LogP contribution in [-0.2, 0) is 4.79 Å². The topological polar surface area (TPSA) is 29.1 Å². The normalized spacial score (nSPS) is 18.2. The Kier molecular flexibility index (Phi) is 7.30. The molecule has 0 saturated heterocycles. The summed E-state index contributed by atoms with van der Waals surface area (Å²) in [6.07, 6.45) is 12.2. The Morgan fingerprint density at radius 1 is 1.29 bits per heavy atom. The van der Waals surface area contributed by atoms with E-state index in [2.05, 4.69) is 19.2 Å². The number of nitrogens with one attached hydrogen (secondary N) is 1. The van der Waals surface area contributed by atoms with E-state index in [0.717, 1.165) is 25.2 Å². The summed E-state index contributed by atoms with van der Waals surface area (Å²) < 4.78 is 0. The zero-order valence-electron chi connectivity index (χ0n) is 11.6. The van der Waals surface area contributed by atoms with Gasteiger partial charge in [-0.25, -0.2) is 0 Å². The smallest absolute Gasteiger partial charge is 0.220 e. The molecule has 1 fully saturated rings. The van der Waals surface area contributed by atoms with Gasteiger partial charge >= 0.3 is 0 Å². The molecular formula is C15H29NO. The summed E-state index contributed by atoms with van der Waals surface area (Å²) in [5.74, 6) is 1.09. The molecule has 1 saturated carbocycles. The molecule has 17 heavy (non-hydrogen) atoms. The molecule has 0 aromatic carbocycles. The van der Waals surface area contributed by atoms with Crippen molar-refractivity contribution in [3.63, 3.8) is 0 Å². The van der Waals surface area contributed by atoms with Crippen molar-refractivity contribution in [1.82, 2.24) is 5.32 Å². The minimum atomic E-state index is 0.265. The average Bonchev–Trinajstić information content (AvgIpc) is 2.79. The molecule has 2 nitrogen and oxygen atoms in total. The van der Waals surface area contributed by atoms with E-state index in [9.17, 15) is 4.79 Å². The molecule has 2 heteroatoms. The van der Waals surface area contributed by atoms with Gasteiger partial charge in [0.2, 0.25) is 5.91 Å². The van der Waals surface area contributed by atoms with Gasteiger partial charge in [0.1, 0.15) is 0 Å². The maximum atomic E-state index is 11.7. The predicted octanol–water partition coefficient (Wildman–Crippen LogP) is 4.04. The molecule has 0 aromatic rings. The summed E-state index contributed by atoms with van der Waals surface area (Å²) in [5, 5.41) is 3.12. The Morgan fingerprint density at radius 3 is 2.65 bits per heavy atom. The largest absolute Gasteiger partial charge is 0.354 e. The van der Waals surface area contributed by atoms with Crippen LogP contribution in [0.5, 0.6) is 0 Å². The second kappa shape index (κ2) is 8.54. The number of rotatable bonds is 8. The first kappa shape index (κ1) is 14.5. The summed E-state index contributed by atoms with van der Waals surface area (Å²) in [7, 11) is 0. The van der Waals surface area contributed by atoms with Gasteiger partial charge < -0.3 is 5.32 Å². The lowest BCUT2D eigenvalue weighted by atomic mass is 10.0. The minimum Gasteiger partial charge on any atom is -0.354 e. The zero-order valence-corrected chi connectivity index (χ0v) is 11.6. The third-order valence-corrected chi connectivity index (χ3v) is 3.90. The minimum absolute atomic E-state index is 0.265. The highest BCUT2D eigenvalue weighted by Gasteiger charge is 2.16. The van der Waals surface area contributed by atoms with Crippen LogP contribution in [0, 0.1) is 5.92 Å². The van der Waals surface area contributed by atoms with Crippen molar-refractivity contribution in [2.75, 3.05) is 0 Å². The fraction of sp³-hybridized carbons (Fsp3) is 0.933. The summed E-state index contributed by atoms with van der Waals surface area (Å²) >= 11 is 0. The molecule has 1 N–H and O–H groups in total. The first-order chi connectivity index (χ1) is 8.22. The Bertz CT molecular complexity index is 209. The van der Waals surface area contributed by atoms with Crippen LogP contribution in [0.4, 0.5) is 0 Å². The number of hydrogen-bond acceptors (Lipinski definition) is 1. The second-order valence-corrected chi connectivity index (χ2v) is 5.65. The van der Waals surface area contributed by atoms with Crippen LogP contribution in [0.1, 0.15) is 78.1 Å². The molecule has 0 unspecified atom stereocenters. The third kappa shape index (κ3) is 6.70. The number of carbonyl (C=O) groups excluding carboxylic acids is 1. The summed E-state index contributed by atoms with van der Waals surface area (Å²) in [4.78, 5) is 11.7. The van der Waals surface area contributed by atoms with Crippen LogP contribution in [0.15, 0.2) is 0 Å². The lowest BCUT2D eigenvalue weighted by Crippen LogP contribution is -2.32. The summed E-state index contributed by atoms with van der Waals surface area (Å²) in [5.41, 5.74) is 0. The first-order valence-electron chi connectivity index (χ1n) is 7.51. The average molecular weight is 239 g/mol. The van der Waals surface area contributed by atoms with Crippen LogP contribution < -0.4 is 5.32 Å². The van der Waals surface area contributed by atoms with Crippen molar-refractivity contribution in [2.45, 2.75) is 84.1 Å². The van der Waals surface area contributed by atoms with Crippen LogP contribution >= 0.6 is 0 Å². The molecule has 0 heterocycles. The van der Waals surface area contributed by atoms with Crippen molar-refractivity contribution >= 4 is 5.91 Å². The molecule has 1 aliphatic carbocycles. The Balaban J connectivity index is 2.02. The molecule has 0 bridgehead atoms. The van der Waals surface area contributed by atoms with Crippen molar-refractivity contribution < 1.29 is 4.79 Å². The SMILES string of the molecule is CCCCC[C@@H](C)NC(=O)CCC1CCCC1. The highest BCUT2D eigenvalue weighted by Crippen LogP contribution is 2.28. The lowest BCUT2D eigenvalue weighted by Gasteiger charge is -2.14. The van der Waals surface area contributed by atoms with Crippen LogP contribution in [0.3, 0.4) is 0 Å². The molecule has 0 aliphatic heterocycles. The van der Waals surface area contributed by atoms with Crippen LogP contribution in [-0.4, -0.2) is 11.9 Å². The van der Waals surface area contributed by atoms with E-state index in [1.807, 2.05) is 0 Å². The van der Waals surface area contributed by atoms with Crippen molar-refractivity contribution in [3.8, 4) is 0 Å². The predicted molar refractivity (Wildman–Crippen MR) is 72.9 cm³/mol. The molecular weight excluding hydrogens is 210 g/mol. The van der Waals surface area contributed by atoms with Gasteiger partial charge in [-0.1, -0.05) is 51.9 Å². The van der Waals surface area contributed by atoms with Crippen LogP contribution in [0.25, 0.3) is 0 Å². The highest BCUT2D eigenvalue weighted by molar-refractivity contribution is 5.76. The van der Waals surface area contributed by atoms with E-state index >= 15 is 0 Å². The van der Waals surface area contributed by atoms with Gasteiger partial charge in [0.05, 0.1) is 0 Å². The number of unbranched alkanes of at least 4 members (excludes halogenated alkanes) is 2. The molecule has 0 spiro atoms. The molecule has 0 aromatic heterocycles. The maximum Gasteiger partial charge on any atom is 0.220 e. The maximum absolute atomic E-state index is 11.7. The quantitative estimate of drug-likeness (QED) is 0.636. The molecule has 0 radical (unpaired) electrons. The molecule has 1 aliphatic rings. The van der Waals surface area contributed by atoms with E-state index in [-0.39, 0.29) is 5.91 Å². The van der Waals surface area contributed by atoms with Gasteiger partial charge in [0.15, 0.2) is 0 Å². The second-order valence-electron chi connectivity index (χ2n) is 5.65. The standard InChI is InChI=1S/C15H29NO/c1-3-4-5-8-13(2)16-15(17)12-11-14-9-6-7-10-14/h13-14H,3-12H2,1-2H3,(H,16,17)/t13-/m1/s1. The Labute approximate surface area is 107 Å². The van der Waals surface area contributed by atoms with Crippen molar-refractivity contribution in [2.24, 2.45) is 5.92 Å². The van der Waals surface area contributed by atoms with E-state index in [0.29, 0.717) is 6.04 Å². The monoisotopic (exact) mass is 239 g/mol. The van der Waals surface area contributed by atoms with E-state index in [4.69, 9.17) is 0 Å². The highest BCUT2D eigenvalue weighted by atomic mass is 16.1. The molecule has 1 atom stereocenters. The Morgan fingerprint density at radius 2 is 2.00 bits per heavy atom. The van der Waals surface area contributed by atoms with E-state index in [1.54, 1.807) is 0 Å². The first-order valence-corrected chi connectivity index (χ1v) is 7.51. The number of amides is 1. The fourth-order valence-electron chi connectivity index (χ4n) is 2.75. The fourth-order valence-corrected chi connectivity index (χ4v) is 2.75. The molecule has 1 rings (SSSR count). The molecule has 100 valence electrons. The van der Waals surface area contributed by atoms with Gasteiger partial charge in [-0.3, -0.25) is 4.79 Å². The van der Waals surface area contributed by atoms with Gasteiger partial charge in [-0.15, -0.1) is 0 Å². The summed E-state index contributed by atoms with van der Waals surface area (Å²) in [6, 6.07) is 0.359. The molecule has 1 amide bonds. The Hall–Kier alpha value is -0.530. The zero-order chi connectivity index (χ0) is 12.5. The van der Waals surface area contributed by atoms with Gasteiger partial charge in [-0.2, -0.15) is 0 Å². The number of carbonyl (C=O) groups is 1. The lowest BCUT2D eigenvalue weighted by molar-refractivity contribution is -0.122. The van der Waals surface area contributed by atoms with Crippen LogP contribution in [0.2, 0.25) is 0 Å². The van der Waals surface area contributed by atoms with Gasteiger partial charge in [0.25, 0.3) is 0 Å². The van der Waals surface area contributed by atoms with Gasteiger partial charge in [-0.05, 0) is 25.7 Å². The number of hydrogen-bond donors (Lipinski definition) is 1. The third-order valence-electron chi connectivity index (χ3n) is 3.90.